The second kappa shape index (κ2) is 11.9. The third-order valence-corrected chi connectivity index (χ3v) is 5.43. The molecule has 1 fully saturated rings. The van der Waals surface area contributed by atoms with Crippen molar-refractivity contribution in [1.29, 1.82) is 0 Å². The van der Waals surface area contributed by atoms with E-state index in [1.165, 1.54) is 5.56 Å². The number of ether oxygens (including phenoxy) is 2. The Morgan fingerprint density at radius 2 is 1.67 bits per heavy atom. The molecule has 2 N–H and O–H groups in total. The first-order valence-corrected chi connectivity index (χ1v) is 11.8. The molecule has 0 aliphatic carbocycles. The number of alkyl carbamates (subject to hydrolysis) is 1. The molecule has 2 rings (SSSR count). The van der Waals surface area contributed by atoms with E-state index < -0.39 is 17.8 Å². The van der Waals surface area contributed by atoms with Crippen molar-refractivity contribution in [2.75, 3.05) is 19.6 Å². The van der Waals surface area contributed by atoms with Crippen molar-refractivity contribution in [2.45, 2.75) is 84.5 Å². The summed E-state index contributed by atoms with van der Waals surface area (Å²) in [4.78, 5) is 38.4. The largest absolute Gasteiger partial charge is 0.481 e. The SMILES string of the molecule is CC(Oc1ccc(C(C)C)cc1)C(=O)NC1CCN(C(=O)CCNC(=O)OC(C)(C)C)CC1. The van der Waals surface area contributed by atoms with E-state index in [1.807, 2.05) is 24.3 Å². The van der Waals surface area contributed by atoms with Gasteiger partial charge in [-0.2, -0.15) is 0 Å². The number of carbonyl (C=O) groups excluding carboxylic acids is 3. The highest BCUT2D eigenvalue weighted by molar-refractivity contribution is 5.81. The molecule has 1 aromatic rings. The second-order valence-electron chi connectivity index (χ2n) is 9.83. The Balaban J connectivity index is 1.68. The molecular weight excluding hydrogens is 422 g/mol. The smallest absolute Gasteiger partial charge is 0.407 e. The fourth-order valence-electron chi connectivity index (χ4n) is 3.52. The first-order chi connectivity index (χ1) is 15.4. The zero-order chi connectivity index (χ0) is 24.6. The highest BCUT2D eigenvalue weighted by atomic mass is 16.6. The van der Waals surface area contributed by atoms with Crippen molar-refractivity contribution in [1.82, 2.24) is 15.5 Å². The van der Waals surface area contributed by atoms with Crippen LogP contribution in [0.25, 0.3) is 0 Å². The van der Waals surface area contributed by atoms with Crippen LogP contribution in [0.1, 0.15) is 72.3 Å². The van der Waals surface area contributed by atoms with E-state index in [9.17, 15) is 14.4 Å². The van der Waals surface area contributed by atoms with Crippen LogP contribution in [-0.2, 0) is 14.3 Å². The highest BCUT2D eigenvalue weighted by Gasteiger charge is 2.26. The predicted molar refractivity (Wildman–Crippen MR) is 127 cm³/mol. The lowest BCUT2D eigenvalue weighted by Gasteiger charge is -2.33. The summed E-state index contributed by atoms with van der Waals surface area (Å²) in [6.45, 7) is 12.7. The molecule has 3 amide bonds. The molecule has 8 heteroatoms. The number of benzene rings is 1. The van der Waals surface area contributed by atoms with E-state index in [-0.39, 0.29) is 30.8 Å². The molecule has 0 radical (unpaired) electrons. The minimum atomic E-state index is -0.603. The summed E-state index contributed by atoms with van der Waals surface area (Å²) in [6.07, 6.45) is 0.466. The molecule has 1 aliphatic rings. The number of nitrogens with one attached hydrogen (secondary N) is 2. The van der Waals surface area contributed by atoms with Gasteiger partial charge in [0.05, 0.1) is 0 Å². The molecule has 0 spiro atoms. The molecule has 33 heavy (non-hydrogen) atoms. The number of rotatable bonds is 8. The lowest BCUT2D eigenvalue weighted by molar-refractivity contribution is -0.132. The van der Waals surface area contributed by atoms with Crippen molar-refractivity contribution in [3.8, 4) is 5.75 Å². The highest BCUT2D eigenvalue weighted by Crippen LogP contribution is 2.20. The van der Waals surface area contributed by atoms with Crippen molar-refractivity contribution >= 4 is 17.9 Å². The molecule has 1 aliphatic heterocycles. The average Bonchev–Trinajstić information content (AvgIpc) is 2.73. The molecule has 0 aromatic heterocycles. The van der Waals surface area contributed by atoms with Gasteiger partial charge in [-0.05, 0) is 64.2 Å². The van der Waals surface area contributed by atoms with Gasteiger partial charge in [-0.25, -0.2) is 4.79 Å². The van der Waals surface area contributed by atoms with Gasteiger partial charge in [-0.3, -0.25) is 9.59 Å². The van der Waals surface area contributed by atoms with Crippen molar-refractivity contribution in [3.63, 3.8) is 0 Å². The van der Waals surface area contributed by atoms with Gasteiger partial charge in [0, 0.05) is 32.1 Å². The molecule has 184 valence electrons. The quantitative estimate of drug-likeness (QED) is 0.617. The summed E-state index contributed by atoms with van der Waals surface area (Å²) in [5.41, 5.74) is 0.655. The molecule has 0 bridgehead atoms. The Labute approximate surface area is 197 Å². The summed E-state index contributed by atoms with van der Waals surface area (Å²) in [7, 11) is 0. The first-order valence-electron chi connectivity index (χ1n) is 11.8. The fourth-order valence-corrected chi connectivity index (χ4v) is 3.52. The van der Waals surface area contributed by atoms with Crippen molar-refractivity contribution in [3.05, 3.63) is 29.8 Å². The predicted octanol–water partition coefficient (Wildman–Crippen LogP) is 3.60. The van der Waals surface area contributed by atoms with Crippen LogP contribution >= 0.6 is 0 Å². The van der Waals surface area contributed by atoms with Crippen LogP contribution in [0.3, 0.4) is 0 Å². The van der Waals surface area contributed by atoms with Crippen molar-refractivity contribution < 1.29 is 23.9 Å². The van der Waals surface area contributed by atoms with Crippen LogP contribution in [0, 0.1) is 0 Å². The molecule has 1 atom stereocenters. The number of likely N-dealkylation sites (tertiary alicyclic amines) is 1. The summed E-state index contributed by atoms with van der Waals surface area (Å²) >= 11 is 0. The standard InChI is InChI=1S/C25H39N3O5/c1-17(2)19-7-9-21(10-8-19)32-18(3)23(30)27-20-12-15-28(16-13-20)22(29)11-14-26-24(31)33-25(4,5)6/h7-10,17-18,20H,11-16H2,1-6H3,(H,26,31)(H,27,30). The molecule has 8 nitrogen and oxygen atoms in total. The number of hydrogen-bond donors (Lipinski definition) is 2. The summed E-state index contributed by atoms with van der Waals surface area (Å²) < 4.78 is 10.9. The average molecular weight is 462 g/mol. The third-order valence-electron chi connectivity index (χ3n) is 5.43. The number of amides is 3. The second-order valence-corrected chi connectivity index (χ2v) is 9.83. The molecule has 1 aromatic carbocycles. The Kier molecular flexibility index (Phi) is 9.56. The summed E-state index contributed by atoms with van der Waals surface area (Å²) in [5, 5.41) is 5.64. The number of carbonyl (C=O) groups is 3. The maximum absolute atomic E-state index is 12.5. The Morgan fingerprint density at radius 3 is 2.21 bits per heavy atom. The van der Waals surface area contributed by atoms with Crippen LogP contribution < -0.4 is 15.4 Å². The molecule has 0 saturated carbocycles. The van der Waals surface area contributed by atoms with Gasteiger partial charge < -0.3 is 25.0 Å². The number of piperidine rings is 1. The fraction of sp³-hybridized carbons (Fsp3) is 0.640. The van der Waals surface area contributed by atoms with Gasteiger partial charge in [0.2, 0.25) is 5.91 Å². The van der Waals surface area contributed by atoms with E-state index in [2.05, 4.69) is 24.5 Å². The maximum atomic E-state index is 12.5. The van der Waals surface area contributed by atoms with Gasteiger partial charge in [0.15, 0.2) is 6.10 Å². The number of nitrogens with zero attached hydrogens (tertiary/aromatic N) is 1. The van der Waals surface area contributed by atoms with E-state index in [4.69, 9.17) is 9.47 Å². The van der Waals surface area contributed by atoms with Crippen LogP contribution in [0.4, 0.5) is 4.79 Å². The zero-order valence-corrected chi connectivity index (χ0v) is 20.8. The minimum absolute atomic E-state index is 0.0100. The molecule has 1 heterocycles. The summed E-state index contributed by atoms with van der Waals surface area (Å²) in [6, 6.07) is 7.82. The summed E-state index contributed by atoms with van der Waals surface area (Å²) in [5.74, 6) is 0.938. The van der Waals surface area contributed by atoms with Crippen LogP contribution in [-0.4, -0.2) is 60.2 Å². The van der Waals surface area contributed by atoms with Gasteiger partial charge in [-0.1, -0.05) is 26.0 Å². The van der Waals surface area contributed by atoms with Crippen LogP contribution in [0.5, 0.6) is 5.75 Å². The Morgan fingerprint density at radius 1 is 1.06 bits per heavy atom. The lowest BCUT2D eigenvalue weighted by atomic mass is 10.0. The maximum Gasteiger partial charge on any atom is 0.407 e. The van der Waals surface area contributed by atoms with E-state index in [0.29, 0.717) is 37.6 Å². The number of hydrogen-bond acceptors (Lipinski definition) is 5. The van der Waals surface area contributed by atoms with Crippen LogP contribution in [0.15, 0.2) is 24.3 Å². The lowest BCUT2D eigenvalue weighted by Crippen LogP contribution is -2.49. The normalized spacial score (nSPS) is 15.7. The van der Waals surface area contributed by atoms with E-state index >= 15 is 0 Å². The zero-order valence-electron chi connectivity index (χ0n) is 20.8. The topological polar surface area (TPSA) is 97.0 Å². The van der Waals surface area contributed by atoms with Gasteiger partial charge in [-0.15, -0.1) is 0 Å². The molecular formula is C25H39N3O5. The van der Waals surface area contributed by atoms with Gasteiger partial charge in [0.25, 0.3) is 5.91 Å². The molecule has 1 unspecified atom stereocenters. The monoisotopic (exact) mass is 461 g/mol. The van der Waals surface area contributed by atoms with E-state index in [0.717, 1.165) is 0 Å². The van der Waals surface area contributed by atoms with Crippen molar-refractivity contribution in [2.24, 2.45) is 0 Å². The Hall–Kier alpha value is -2.77. The minimum Gasteiger partial charge on any atom is -0.481 e. The van der Waals surface area contributed by atoms with Gasteiger partial charge in [0.1, 0.15) is 11.4 Å². The molecule has 1 saturated heterocycles. The first kappa shape index (κ1) is 26.5. The van der Waals surface area contributed by atoms with Gasteiger partial charge >= 0.3 is 6.09 Å². The third kappa shape index (κ3) is 9.32. The van der Waals surface area contributed by atoms with E-state index in [1.54, 1.807) is 32.6 Å². The Bertz CT molecular complexity index is 793. The van der Waals surface area contributed by atoms with Crippen LogP contribution in [0.2, 0.25) is 0 Å².